The van der Waals surface area contributed by atoms with E-state index < -0.39 is 0 Å². The van der Waals surface area contributed by atoms with Crippen molar-refractivity contribution in [2.45, 2.75) is 13.8 Å². The molecule has 1 aromatic heterocycles. The zero-order chi connectivity index (χ0) is 15.2. The van der Waals surface area contributed by atoms with E-state index in [9.17, 15) is 0 Å². The fourth-order valence-corrected chi connectivity index (χ4v) is 2.29. The van der Waals surface area contributed by atoms with Crippen LogP contribution in [0.15, 0.2) is 30.6 Å². The highest BCUT2D eigenvalue weighted by molar-refractivity contribution is 6.32. The maximum atomic E-state index is 6.12. The Bertz CT molecular complexity index is 602. The van der Waals surface area contributed by atoms with Gasteiger partial charge in [0.25, 0.3) is 0 Å². The number of hydrogen-bond donors (Lipinski definition) is 1. The molecule has 0 saturated carbocycles. The standard InChI is InChI=1S/C15H19ClN4O/c1-4-20(5-2)15-9-14(17-10-18-15)19-11-6-7-13(21-3)12(16)8-11/h6-10H,4-5H2,1-3H3,(H,17,18,19). The zero-order valence-corrected chi connectivity index (χ0v) is 13.2. The fraction of sp³-hybridized carbons (Fsp3) is 0.333. The summed E-state index contributed by atoms with van der Waals surface area (Å²) in [4.78, 5) is 10.7. The Balaban J connectivity index is 2.19. The predicted octanol–water partition coefficient (Wildman–Crippen LogP) is 3.73. The van der Waals surface area contributed by atoms with E-state index in [4.69, 9.17) is 16.3 Å². The Morgan fingerprint density at radius 2 is 1.95 bits per heavy atom. The first-order chi connectivity index (χ1) is 10.2. The number of halogens is 1. The van der Waals surface area contributed by atoms with Gasteiger partial charge in [-0.25, -0.2) is 9.97 Å². The van der Waals surface area contributed by atoms with Gasteiger partial charge in [0.1, 0.15) is 23.7 Å². The van der Waals surface area contributed by atoms with Crippen LogP contribution in [0.2, 0.25) is 5.02 Å². The Kier molecular flexibility index (Phi) is 5.22. The van der Waals surface area contributed by atoms with Crippen LogP contribution in [0.4, 0.5) is 17.3 Å². The first kappa shape index (κ1) is 15.4. The van der Waals surface area contributed by atoms with Crippen LogP contribution in [0.1, 0.15) is 13.8 Å². The van der Waals surface area contributed by atoms with Crippen molar-refractivity contribution in [3.63, 3.8) is 0 Å². The number of ether oxygens (including phenoxy) is 1. The third-order valence-corrected chi connectivity index (χ3v) is 3.46. The van der Waals surface area contributed by atoms with Crippen LogP contribution >= 0.6 is 11.6 Å². The normalized spacial score (nSPS) is 10.3. The van der Waals surface area contributed by atoms with Crippen molar-refractivity contribution < 1.29 is 4.74 Å². The van der Waals surface area contributed by atoms with Gasteiger partial charge < -0.3 is 15.0 Å². The van der Waals surface area contributed by atoms with Gasteiger partial charge in [-0.05, 0) is 32.0 Å². The predicted molar refractivity (Wildman–Crippen MR) is 86.9 cm³/mol. The number of methoxy groups -OCH3 is 1. The smallest absolute Gasteiger partial charge is 0.137 e. The van der Waals surface area contributed by atoms with Crippen molar-refractivity contribution in [3.8, 4) is 5.75 Å². The summed E-state index contributed by atoms with van der Waals surface area (Å²) in [7, 11) is 1.59. The molecular formula is C15H19ClN4O. The van der Waals surface area contributed by atoms with E-state index in [1.807, 2.05) is 18.2 Å². The minimum Gasteiger partial charge on any atom is -0.495 e. The summed E-state index contributed by atoms with van der Waals surface area (Å²) >= 11 is 6.12. The lowest BCUT2D eigenvalue weighted by Gasteiger charge is -2.20. The highest BCUT2D eigenvalue weighted by atomic mass is 35.5. The van der Waals surface area contributed by atoms with Gasteiger partial charge in [-0.15, -0.1) is 0 Å². The quantitative estimate of drug-likeness (QED) is 0.881. The molecule has 0 amide bonds. The van der Waals surface area contributed by atoms with Gasteiger partial charge in [0.2, 0.25) is 0 Å². The van der Waals surface area contributed by atoms with Crippen molar-refractivity contribution in [3.05, 3.63) is 35.6 Å². The van der Waals surface area contributed by atoms with Crippen molar-refractivity contribution >= 4 is 28.9 Å². The monoisotopic (exact) mass is 306 g/mol. The van der Waals surface area contributed by atoms with Gasteiger partial charge in [-0.3, -0.25) is 0 Å². The molecule has 0 atom stereocenters. The lowest BCUT2D eigenvalue weighted by molar-refractivity contribution is 0.415. The van der Waals surface area contributed by atoms with E-state index in [0.717, 1.165) is 30.4 Å². The number of nitrogens with one attached hydrogen (secondary N) is 1. The van der Waals surface area contributed by atoms with Gasteiger partial charge in [0, 0.05) is 24.8 Å². The van der Waals surface area contributed by atoms with E-state index in [1.54, 1.807) is 19.5 Å². The van der Waals surface area contributed by atoms with Crippen molar-refractivity contribution in [1.82, 2.24) is 9.97 Å². The second-order valence-electron chi connectivity index (χ2n) is 4.41. The van der Waals surface area contributed by atoms with Crippen molar-refractivity contribution in [1.29, 1.82) is 0 Å². The number of aromatic nitrogens is 2. The summed E-state index contributed by atoms with van der Waals surface area (Å²) in [5.41, 5.74) is 0.852. The second-order valence-corrected chi connectivity index (χ2v) is 4.82. The maximum absolute atomic E-state index is 6.12. The van der Waals surface area contributed by atoms with Gasteiger partial charge in [0.05, 0.1) is 12.1 Å². The number of hydrogen-bond acceptors (Lipinski definition) is 5. The van der Waals surface area contributed by atoms with E-state index in [0.29, 0.717) is 10.8 Å². The minimum atomic E-state index is 0.556. The Hall–Kier alpha value is -2.01. The molecule has 0 bridgehead atoms. The molecule has 2 rings (SSSR count). The highest BCUT2D eigenvalue weighted by Gasteiger charge is 2.06. The van der Waals surface area contributed by atoms with E-state index in [2.05, 4.69) is 34.0 Å². The maximum Gasteiger partial charge on any atom is 0.137 e. The van der Waals surface area contributed by atoms with Gasteiger partial charge >= 0.3 is 0 Å². The molecule has 1 N–H and O–H groups in total. The SMILES string of the molecule is CCN(CC)c1cc(Nc2ccc(OC)c(Cl)c2)ncn1. The summed E-state index contributed by atoms with van der Waals surface area (Å²) < 4.78 is 5.14. The average Bonchev–Trinajstić information content (AvgIpc) is 2.49. The number of benzene rings is 1. The second kappa shape index (κ2) is 7.13. The van der Waals surface area contributed by atoms with Gasteiger partial charge in [-0.2, -0.15) is 0 Å². The Morgan fingerprint density at radius 1 is 1.19 bits per heavy atom. The number of anilines is 3. The lowest BCUT2D eigenvalue weighted by Crippen LogP contribution is -2.23. The summed E-state index contributed by atoms with van der Waals surface area (Å²) in [6.45, 7) is 6.01. The number of nitrogens with zero attached hydrogens (tertiary/aromatic N) is 3. The highest BCUT2D eigenvalue weighted by Crippen LogP contribution is 2.28. The zero-order valence-electron chi connectivity index (χ0n) is 12.4. The molecule has 2 aromatic rings. The molecule has 1 heterocycles. The van der Waals surface area contributed by atoms with Crippen LogP contribution in [0.5, 0.6) is 5.75 Å². The molecule has 0 aliphatic carbocycles. The molecule has 0 unspecified atom stereocenters. The average molecular weight is 307 g/mol. The molecular weight excluding hydrogens is 288 g/mol. The van der Waals surface area contributed by atoms with E-state index in [-0.39, 0.29) is 0 Å². The van der Waals surface area contributed by atoms with Crippen LogP contribution in [0.3, 0.4) is 0 Å². The summed E-state index contributed by atoms with van der Waals surface area (Å²) in [5.74, 6) is 2.28. The summed E-state index contributed by atoms with van der Waals surface area (Å²) in [6, 6.07) is 7.44. The molecule has 0 saturated heterocycles. The first-order valence-electron chi connectivity index (χ1n) is 6.85. The van der Waals surface area contributed by atoms with Crippen LogP contribution < -0.4 is 15.0 Å². The molecule has 0 radical (unpaired) electrons. The minimum absolute atomic E-state index is 0.556. The molecule has 1 aromatic carbocycles. The molecule has 0 spiro atoms. The van der Waals surface area contributed by atoms with Gasteiger partial charge in [0.15, 0.2) is 0 Å². The summed E-state index contributed by atoms with van der Waals surface area (Å²) in [5, 5.41) is 3.78. The van der Waals surface area contributed by atoms with Crippen LogP contribution in [-0.2, 0) is 0 Å². The molecule has 21 heavy (non-hydrogen) atoms. The Labute approximate surface area is 129 Å². The molecule has 0 aliphatic heterocycles. The molecule has 6 heteroatoms. The van der Waals surface area contributed by atoms with Gasteiger partial charge in [-0.1, -0.05) is 11.6 Å². The number of rotatable bonds is 6. The molecule has 5 nitrogen and oxygen atoms in total. The van der Waals surface area contributed by atoms with E-state index >= 15 is 0 Å². The topological polar surface area (TPSA) is 50.3 Å². The van der Waals surface area contributed by atoms with Crippen LogP contribution in [0, 0.1) is 0 Å². The first-order valence-corrected chi connectivity index (χ1v) is 7.23. The Morgan fingerprint density at radius 3 is 2.57 bits per heavy atom. The van der Waals surface area contributed by atoms with Crippen LogP contribution in [0.25, 0.3) is 0 Å². The van der Waals surface area contributed by atoms with E-state index in [1.165, 1.54) is 0 Å². The largest absolute Gasteiger partial charge is 0.495 e. The lowest BCUT2D eigenvalue weighted by atomic mass is 10.3. The summed E-state index contributed by atoms with van der Waals surface area (Å²) in [6.07, 6.45) is 1.56. The fourth-order valence-electron chi connectivity index (χ4n) is 2.03. The molecule has 112 valence electrons. The van der Waals surface area contributed by atoms with Crippen LogP contribution in [-0.4, -0.2) is 30.2 Å². The third-order valence-electron chi connectivity index (χ3n) is 3.16. The van der Waals surface area contributed by atoms with Crippen molar-refractivity contribution in [2.24, 2.45) is 0 Å². The molecule has 0 aliphatic rings. The third kappa shape index (κ3) is 3.76. The molecule has 0 fully saturated rings. The van der Waals surface area contributed by atoms with Crippen molar-refractivity contribution in [2.75, 3.05) is 30.4 Å².